The Bertz CT molecular complexity index is 574. The predicted octanol–water partition coefficient (Wildman–Crippen LogP) is 2.53. The fourth-order valence-corrected chi connectivity index (χ4v) is 1.72. The van der Waals surface area contributed by atoms with Gasteiger partial charge in [-0.3, -0.25) is 14.8 Å². The van der Waals surface area contributed by atoms with Crippen LogP contribution in [0.2, 0.25) is 0 Å². The van der Waals surface area contributed by atoms with Crippen LogP contribution in [0.3, 0.4) is 0 Å². The third-order valence-corrected chi connectivity index (χ3v) is 2.93. The molecular weight excluding hydrogens is 296 g/mol. The van der Waals surface area contributed by atoms with Crippen molar-refractivity contribution in [1.29, 1.82) is 0 Å². The van der Waals surface area contributed by atoms with Gasteiger partial charge in [0.15, 0.2) is 0 Å². The van der Waals surface area contributed by atoms with E-state index in [1.807, 2.05) is 0 Å². The second-order valence-electron chi connectivity index (χ2n) is 3.49. The molecular formula is C12H11BrN4O. The van der Waals surface area contributed by atoms with Crippen molar-refractivity contribution in [2.75, 3.05) is 17.7 Å². The molecule has 2 rings (SSSR count). The lowest BCUT2D eigenvalue weighted by Crippen LogP contribution is -2.14. The van der Waals surface area contributed by atoms with Crippen LogP contribution < -0.4 is 10.6 Å². The molecule has 0 spiro atoms. The summed E-state index contributed by atoms with van der Waals surface area (Å²) in [5, 5.41) is 5.72. The van der Waals surface area contributed by atoms with Gasteiger partial charge in [0, 0.05) is 31.3 Å². The number of carbonyl (C=O) groups excluding carboxylic acids is 1. The Morgan fingerprint density at radius 2 is 2.17 bits per heavy atom. The molecule has 2 aromatic rings. The first-order valence-electron chi connectivity index (χ1n) is 5.25. The number of nitrogens with one attached hydrogen (secondary N) is 2. The smallest absolute Gasteiger partial charge is 0.274 e. The highest BCUT2D eigenvalue weighted by molar-refractivity contribution is 9.10. The summed E-state index contributed by atoms with van der Waals surface area (Å²) in [5.74, 6) is -0.265. The number of hydrogen-bond donors (Lipinski definition) is 2. The molecule has 2 N–H and O–H groups in total. The second-order valence-corrected chi connectivity index (χ2v) is 4.34. The lowest BCUT2D eigenvalue weighted by molar-refractivity contribution is 0.102. The van der Waals surface area contributed by atoms with Crippen LogP contribution in [0.15, 0.2) is 41.3 Å². The van der Waals surface area contributed by atoms with Crippen molar-refractivity contribution < 1.29 is 4.79 Å². The number of anilines is 2. The maximum atomic E-state index is 12.0. The van der Waals surface area contributed by atoms with Crippen LogP contribution >= 0.6 is 15.9 Å². The summed E-state index contributed by atoms with van der Waals surface area (Å²) < 4.78 is 0.725. The Morgan fingerprint density at radius 1 is 1.33 bits per heavy atom. The van der Waals surface area contributed by atoms with Crippen molar-refractivity contribution in [3.63, 3.8) is 0 Å². The molecule has 0 radical (unpaired) electrons. The third kappa shape index (κ3) is 2.84. The van der Waals surface area contributed by atoms with Gasteiger partial charge in [-0.15, -0.1) is 0 Å². The number of hydrogen-bond acceptors (Lipinski definition) is 4. The predicted molar refractivity (Wildman–Crippen MR) is 73.7 cm³/mol. The van der Waals surface area contributed by atoms with E-state index in [1.165, 1.54) is 0 Å². The Labute approximate surface area is 113 Å². The van der Waals surface area contributed by atoms with Crippen LogP contribution in [0.25, 0.3) is 0 Å². The number of rotatable bonds is 3. The summed E-state index contributed by atoms with van der Waals surface area (Å²) in [6, 6.07) is 5.19. The normalized spacial score (nSPS) is 9.89. The first kappa shape index (κ1) is 12.5. The van der Waals surface area contributed by atoms with Gasteiger partial charge in [0.05, 0.1) is 10.2 Å². The Hall–Kier alpha value is -1.95. The van der Waals surface area contributed by atoms with Gasteiger partial charge >= 0.3 is 0 Å². The molecule has 2 aromatic heterocycles. The van der Waals surface area contributed by atoms with Crippen molar-refractivity contribution in [2.45, 2.75) is 0 Å². The van der Waals surface area contributed by atoms with Gasteiger partial charge in [0.25, 0.3) is 5.91 Å². The van der Waals surface area contributed by atoms with Crippen molar-refractivity contribution in [3.05, 3.63) is 47.0 Å². The zero-order valence-corrected chi connectivity index (χ0v) is 11.2. The Morgan fingerprint density at radius 3 is 2.89 bits per heavy atom. The molecule has 2 heterocycles. The van der Waals surface area contributed by atoms with E-state index in [9.17, 15) is 4.79 Å². The number of amides is 1. The molecule has 0 aromatic carbocycles. The average Bonchev–Trinajstić information content (AvgIpc) is 2.41. The van der Waals surface area contributed by atoms with E-state index >= 15 is 0 Å². The standard InChI is InChI=1S/C12H11BrN4O/c1-14-8-2-5-16-11(6-8)12(18)17-10-3-4-15-7-9(10)13/h2-7H,1H3,(H,14,16)(H,15,17,18). The third-order valence-electron chi connectivity index (χ3n) is 2.30. The van der Waals surface area contributed by atoms with E-state index in [-0.39, 0.29) is 5.91 Å². The number of carbonyl (C=O) groups is 1. The van der Waals surface area contributed by atoms with Gasteiger partial charge < -0.3 is 10.6 Å². The molecule has 0 aliphatic rings. The molecule has 0 fully saturated rings. The molecule has 92 valence electrons. The number of halogens is 1. The largest absolute Gasteiger partial charge is 0.388 e. The maximum absolute atomic E-state index is 12.0. The minimum absolute atomic E-state index is 0.265. The lowest BCUT2D eigenvalue weighted by atomic mass is 10.3. The maximum Gasteiger partial charge on any atom is 0.274 e. The fraction of sp³-hybridized carbons (Fsp3) is 0.0833. The monoisotopic (exact) mass is 306 g/mol. The SMILES string of the molecule is CNc1ccnc(C(=O)Nc2ccncc2Br)c1. The lowest BCUT2D eigenvalue weighted by Gasteiger charge is -2.07. The molecule has 5 nitrogen and oxygen atoms in total. The summed E-state index contributed by atoms with van der Waals surface area (Å²) in [6.45, 7) is 0. The van der Waals surface area contributed by atoms with Gasteiger partial charge in [-0.1, -0.05) is 0 Å². The Kier molecular flexibility index (Phi) is 3.88. The number of aromatic nitrogens is 2. The molecule has 18 heavy (non-hydrogen) atoms. The fourth-order valence-electron chi connectivity index (χ4n) is 1.37. The summed E-state index contributed by atoms with van der Waals surface area (Å²) >= 11 is 3.32. The van der Waals surface area contributed by atoms with Crippen LogP contribution in [-0.4, -0.2) is 22.9 Å². The van der Waals surface area contributed by atoms with E-state index in [2.05, 4.69) is 36.5 Å². The molecule has 0 aliphatic carbocycles. The van der Waals surface area contributed by atoms with E-state index in [0.29, 0.717) is 11.4 Å². The van der Waals surface area contributed by atoms with E-state index < -0.39 is 0 Å². The van der Waals surface area contributed by atoms with Crippen LogP contribution in [0.5, 0.6) is 0 Å². The highest BCUT2D eigenvalue weighted by Crippen LogP contribution is 2.20. The van der Waals surface area contributed by atoms with Crippen molar-refractivity contribution in [2.24, 2.45) is 0 Å². The molecule has 0 saturated heterocycles. The van der Waals surface area contributed by atoms with Crippen LogP contribution in [0.1, 0.15) is 10.5 Å². The molecule has 0 aliphatic heterocycles. The minimum atomic E-state index is -0.265. The zero-order valence-electron chi connectivity index (χ0n) is 9.64. The van der Waals surface area contributed by atoms with Gasteiger partial charge in [-0.05, 0) is 34.1 Å². The first-order valence-corrected chi connectivity index (χ1v) is 6.04. The van der Waals surface area contributed by atoms with Gasteiger partial charge in [0.2, 0.25) is 0 Å². The molecule has 0 bridgehead atoms. The van der Waals surface area contributed by atoms with Gasteiger partial charge in [-0.25, -0.2) is 0 Å². The minimum Gasteiger partial charge on any atom is -0.388 e. The Balaban J connectivity index is 2.19. The zero-order chi connectivity index (χ0) is 13.0. The highest BCUT2D eigenvalue weighted by Gasteiger charge is 2.09. The number of pyridine rings is 2. The van der Waals surface area contributed by atoms with Crippen LogP contribution in [0, 0.1) is 0 Å². The molecule has 0 atom stereocenters. The summed E-state index contributed by atoms with van der Waals surface area (Å²) in [5.41, 5.74) is 1.85. The van der Waals surface area contributed by atoms with Crippen molar-refractivity contribution >= 4 is 33.2 Å². The quantitative estimate of drug-likeness (QED) is 0.914. The van der Waals surface area contributed by atoms with Gasteiger partial charge in [-0.2, -0.15) is 0 Å². The molecule has 1 amide bonds. The summed E-state index contributed by atoms with van der Waals surface area (Å²) in [7, 11) is 1.79. The van der Waals surface area contributed by atoms with Crippen molar-refractivity contribution in [3.8, 4) is 0 Å². The van der Waals surface area contributed by atoms with E-state index in [0.717, 1.165) is 10.2 Å². The van der Waals surface area contributed by atoms with Crippen LogP contribution in [-0.2, 0) is 0 Å². The highest BCUT2D eigenvalue weighted by atomic mass is 79.9. The first-order chi connectivity index (χ1) is 8.70. The summed E-state index contributed by atoms with van der Waals surface area (Å²) in [4.78, 5) is 20.0. The van der Waals surface area contributed by atoms with Gasteiger partial charge in [0.1, 0.15) is 5.69 Å². The summed E-state index contributed by atoms with van der Waals surface area (Å²) in [6.07, 6.45) is 4.81. The van der Waals surface area contributed by atoms with Crippen molar-refractivity contribution in [1.82, 2.24) is 9.97 Å². The number of nitrogens with zero attached hydrogens (tertiary/aromatic N) is 2. The van der Waals surface area contributed by atoms with E-state index in [1.54, 1.807) is 43.8 Å². The molecule has 0 unspecified atom stereocenters. The molecule has 6 heteroatoms. The average molecular weight is 307 g/mol. The van der Waals surface area contributed by atoms with E-state index in [4.69, 9.17) is 0 Å². The molecule has 0 saturated carbocycles. The second kappa shape index (κ2) is 5.59. The van der Waals surface area contributed by atoms with Crippen LogP contribution in [0.4, 0.5) is 11.4 Å². The topological polar surface area (TPSA) is 66.9 Å².